The highest BCUT2D eigenvalue weighted by Gasteiger charge is 2.15. The molecular formula is C21H24N6OS. The zero-order valence-electron chi connectivity index (χ0n) is 16.8. The maximum absolute atomic E-state index is 11.9. The van der Waals surface area contributed by atoms with E-state index in [1.807, 2.05) is 32.2 Å². The first-order chi connectivity index (χ1) is 14.2. The number of rotatable bonds is 5. The van der Waals surface area contributed by atoms with Crippen molar-refractivity contribution in [2.45, 2.75) is 13.8 Å². The number of urea groups is 1. The molecule has 0 aliphatic carbocycles. The molecule has 29 heavy (non-hydrogen) atoms. The van der Waals surface area contributed by atoms with E-state index in [4.69, 9.17) is 0 Å². The predicted octanol–water partition coefficient (Wildman–Crippen LogP) is 4.80. The van der Waals surface area contributed by atoms with Crippen LogP contribution in [0.25, 0.3) is 26.9 Å². The normalized spacial score (nSPS) is 11.2. The SMILES string of the molecule is C/C=C(\C=NC)c1cc(-c2cncnc2)cc2nc(NC(=O)NCC)sc12.C=C. The van der Waals surface area contributed by atoms with Gasteiger partial charge in [0.25, 0.3) is 0 Å². The average molecular weight is 409 g/mol. The van der Waals surface area contributed by atoms with E-state index in [1.165, 1.54) is 17.7 Å². The summed E-state index contributed by atoms with van der Waals surface area (Å²) < 4.78 is 0.982. The molecule has 0 unspecified atom stereocenters. The number of carbonyl (C=O) groups excluding carboxylic acids is 1. The summed E-state index contributed by atoms with van der Waals surface area (Å²) in [7, 11) is 1.74. The topological polar surface area (TPSA) is 92.2 Å². The fourth-order valence-electron chi connectivity index (χ4n) is 2.66. The quantitative estimate of drug-likeness (QED) is 0.468. The van der Waals surface area contributed by atoms with E-state index in [1.54, 1.807) is 19.4 Å². The van der Waals surface area contributed by atoms with Gasteiger partial charge in [-0.25, -0.2) is 19.7 Å². The summed E-state index contributed by atoms with van der Waals surface area (Å²) in [5.74, 6) is 0. The maximum Gasteiger partial charge on any atom is 0.321 e. The number of thiazole rings is 1. The minimum Gasteiger partial charge on any atom is -0.338 e. The standard InChI is InChI=1S/C19H20N6OS.C2H4/c1-4-12(8-20-3)15-6-13(14-9-21-11-22-10-14)7-16-17(15)27-19(24-16)25-18(26)23-5-2;1-2/h4,6-11H,5H2,1-3H3,(H2,23,24,25,26);1-2H2/b12-4+,20-8?;. The minimum absolute atomic E-state index is 0.267. The number of anilines is 1. The van der Waals surface area contributed by atoms with Crippen molar-refractivity contribution in [1.82, 2.24) is 20.3 Å². The van der Waals surface area contributed by atoms with E-state index in [-0.39, 0.29) is 6.03 Å². The first-order valence-electron chi connectivity index (χ1n) is 9.00. The van der Waals surface area contributed by atoms with Gasteiger partial charge >= 0.3 is 6.03 Å². The Morgan fingerprint density at radius 3 is 2.59 bits per heavy atom. The first-order valence-corrected chi connectivity index (χ1v) is 9.81. The number of aliphatic imine (C=N–C) groups is 1. The number of hydrogen-bond acceptors (Lipinski definition) is 6. The molecule has 3 rings (SSSR count). The highest BCUT2D eigenvalue weighted by molar-refractivity contribution is 7.22. The largest absolute Gasteiger partial charge is 0.338 e. The molecule has 0 bridgehead atoms. The minimum atomic E-state index is -0.267. The number of carbonyl (C=O) groups is 1. The Labute approximate surface area is 174 Å². The van der Waals surface area contributed by atoms with E-state index in [0.717, 1.165) is 32.5 Å². The van der Waals surface area contributed by atoms with E-state index in [0.29, 0.717) is 11.7 Å². The second-order valence-electron chi connectivity index (χ2n) is 5.63. The molecule has 0 radical (unpaired) electrons. The van der Waals surface area contributed by atoms with Crippen LogP contribution in [0.1, 0.15) is 19.4 Å². The molecular weight excluding hydrogens is 384 g/mol. The van der Waals surface area contributed by atoms with Crippen LogP contribution < -0.4 is 10.6 Å². The van der Waals surface area contributed by atoms with Crippen LogP contribution in [0.2, 0.25) is 0 Å². The number of nitrogens with one attached hydrogen (secondary N) is 2. The third-order valence-corrected chi connectivity index (χ3v) is 4.85. The van der Waals surface area contributed by atoms with E-state index >= 15 is 0 Å². The van der Waals surface area contributed by atoms with Gasteiger partial charge in [0.15, 0.2) is 5.13 Å². The fourth-order valence-corrected chi connectivity index (χ4v) is 3.63. The summed E-state index contributed by atoms with van der Waals surface area (Å²) in [4.78, 5) is 28.8. The molecule has 8 heteroatoms. The Morgan fingerprint density at radius 1 is 1.24 bits per heavy atom. The van der Waals surface area contributed by atoms with E-state index in [2.05, 4.69) is 49.8 Å². The number of fused-ring (bicyclic) bond motifs is 1. The lowest BCUT2D eigenvalue weighted by Crippen LogP contribution is -2.28. The molecule has 0 aliphatic rings. The predicted molar refractivity (Wildman–Crippen MR) is 123 cm³/mol. The molecule has 0 aliphatic heterocycles. The maximum atomic E-state index is 11.9. The van der Waals surface area contributed by atoms with Crippen LogP contribution in [-0.4, -0.2) is 40.8 Å². The van der Waals surface area contributed by atoms with Crippen LogP contribution in [0.15, 0.2) is 55.1 Å². The Bertz CT molecular complexity index is 1030. The fraction of sp³-hybridized carbons (Fsp3) is 0.190. The molecule has 0 atom stereocenters. The van der Waals surface area contributed by atoms with Crippen LogP contribution in [0.5, 0.6) is 0 Å². The van der Waals surface area contributed by atoms with Crippen molar-refractivity contribution >= 4 is 44.5 Å². The molecule has 2 heterocycles. The van der Waals surface area contributed by atoms with Gasteiger partial charge in [-0.05, 0) is 37.1 Å². The van der Waals surface area contributed by atoms with Crippen molar-refractivity contribution in [2.24, 2.45) is 4.99 Å². The van der Waals surface area contributed by atoms with Gasteiger partial charge in [-0.2, -0.15) is 0 Å². The Hall–Kier alpha value is -3.39. The molecule has 0 saturated carbocycles. The van der Waals surface area contributed by atoms with Gasteiger partial charge in [-0.15, -0.1) is 13.2 Å². The van der Waals surface area contributed by atoms with Crippen molar-refractivity contribution in [2.75, 3.05) is 18.9 Å². The summed E-state index contributed by atoms with van der Waals surface area (Å²) in [6.07, 6.45) is 8.85. The average Bonchev–Trinajstić information content (AvgIpc) is 3.16. The molecule has 1 aromatic carbocycles. The summed E-state index contributed by atoms with van der Waals surface area (Å²) in [5, 5.41) is 6.04. The number of nitrogens with zero attached hydrogens (tertiary/aromatic N) is 4. The molecule has 0 spiro atoms. The zero-order chi connectivity index (χ0) is 21.2. The number of hydrogen-bond donors (Lipinski definition) is 2. The lowest BCUT2D eigenvalue weighted by Gasteiger charge is -2.07. The number of allylic oxidation sites excluding steroid dienone is 2. The molecule has 2 aromatic heterocycles. The van der Waals surface area contributed by atoms with Crippen molar-refractivity contribution in [3.8, 4) is 11.1 Å². The van der Waals surface area contributed by atoms with Crippen LogP contribution in [-0.2, 0) is 0 Å². The Balaban J connectivity index is 0.00000145. The van der Waals surface area contributed by atoms with Crippen LogP contribution in [0.4, 0.5) is 9.93 Å². The second kappa shape index (κ2) is 10.8. The highest BCUT2D eigenvalue weighted by Crippen LogP contribution is 2.36. The van der Waals surface area contributed by atoms with Crippen molar-refractivity contribution < 1.29 is 4.79 Å². The monoisotopic (exact) mass is 408 g/mol. The van der Waals surface area contributed by atoms with Crippen LogP contribution in [0, 0.1) is 0 Å². The van der Waals surface area contributed by atoms with Gasteiger partial charge in [0.05, 0.1) is 10.2 Å². The number of amides is 2. The molecule has 3 aromatic rings. The van der Waals surface area contributed by atoms with Gasteiger partial charge in [-0.3, -0.25) is 10.3 Å². The molecule has 7 nitrogen and oxygen atoms in total. The summed E-state index contributed by atoms with van der Waals surface area (Å²) in [5.41, 5.74) is 4.63. The third-order valence-electron chi connectivity index (χ3n) is 3.83. The van der Waals surface area contributed by atoms with E-state index in [9.17, 15) is 4.79 Å². The third kappa shape index (κ3) is 5.32. The molecule has 0 saturated heterocycles. The van der Waals surface area contributed by atoms with Crippen LogP contribution >= 0.6 is 11.3 Å². The zero-order valence-corrected chi connectivity index (χ0v) is 17.6. The van der Waals surface area contributed by atoms with Crippen molar-refractivity contribution in [3.05, 3.63) is 55.7 Å². The van der Waals surface area contributed by atoms with Crippen molar-refractivity contribution in [3.63, 3.8) is 0 Å². The number of benzene rings is 1. The lowest BCUT2D eigenvalue weighted by atomic mass is 10.00. The van der Waals surface area contributed by atoms with Crippen molar-refractivity contribution in [1.29, 1.82) is 0 Å². The first kappa shape index (κ1) is 21.9. The highest BCUT2D eigenvalue weighted by atomic mass is 32.1. The Morgan fingerprint density at radius 2 is 1.97 bits per heavy atom. The smallest absolute Gasteiger partial charge is 0.321 e. The number of aromatic nitrogens is 3. The molecule has 2 N–H and O–H groups in total. The summed E-state index contributed by atoms with van der Waals surface area (Å²) in [6.45, 7) is 10.4. The van der Waals surface area contributed by atoms with Gasteiger partial charge < -0.3 is 5.32 Å². The lowest BCUT2D eigenvalue weighted by molar-refractivity contribution is 0.252. The molecule has 150 valence electrons. The second-order valence-corrected chi connectivity index (χ2v) is 6.63. The molecule has 2 amide bonds. The van der Waals surface area contributed by atoms with Gasteiger partial charge in [-0.1, -0.05) is 17.4 Å². The summed E-state index contributed by atoms with van der Waals surface area (Å²) in [6, 6.07) is 3.79. The van der Waals surface area contributed by atoms with Gasteiger partial charge in [0, 0.05) is 43.3 Å². The van der Waals surface area contributed by atoms with Crippen LogP contribution in [0.3, 0.4) is 0 Å². The molecule has 0 fully saturated rings. The summed E-state index contributed by atoms with van der Waals surface area (Å²) >= 11 is 1.43. The van der Waals surface area contributed by atoms with Gasteiger partial charge in [0.1, 0.15) is 6.33 Å². The van der Waals surface area contributed by atoms with E-state index < -0.39 is 0 Å². The van der Waals surface area contributed by atoms with Gasteiger partial charge in [0.2, 0.25) is 0 Å². The Kier molecular flexibility index (Phi) is 8.17.